The third-order valence-corrected chi connectivity index (χ3v) is 9.77. The third-order valence-electron chi connectivity index (χ3n) is 8.78. The molecule has 0 aromatic rings. The number of rotatable bonds is 28. The zero-order valence-electron chi connectivity index (χ0n) is 29.6. The highest BCUT2D eigenvalue weighted by molar-refractivity contribution is 7.47. The molecule has 0 aromatic carbocycles. The number of nitrogens with one attached hydrogen (secondary N) is 1. The van der Waals surface area contributed by atoms with E-state index in [2.05, 4.69) is 31.3 Å². The number of allylic oxidation sites excluding steroid dienone is 3. The first kappa shape index (κ1) is 45.8. The number of hydrogen-bond acceptors (Lipinski definition) is 11. The number of unbranched alkanes of at least 4 members (excludes halogenated alkanes) is 13. The Hall–Kier alpha value is -1.22. The van der Waals surface area contributed by atoms with Crippen LogP contribution in [0.5, 0.6) is 0 Å². The fourth-order valence-corrected chi connectivity index (χ4v) is 6.61. The summed E-state index contributed by atoms with van der Waals surface area (Å²) >= 11 is 0. The van der Waals surface area contributed by atoms with E-state index >= 15 is 0 Å². The predicted molar refractivity (Wildman–Crippen MR) is 187 cm³/mol. The van der Waals surface area contributed by atoms with E-state index in [1.165, 1.54) is 51.0 Å². The molecule has 0 spiro atoms. The highest BCUT2D eigenvalue weighted by Crippen LogP contribution is 2.47. The van der Waals surface area contributed by atoms with Crippen molar-refractivity contribution in [2.24, 2.45) is 0 Å². The second kappa shape index (κ2) is 26.5. The number of amides is 1. The fraction of sp³-hybridized carbons (Fsp3) is 0.857. The van der Waals surface area contributed by atoms with Crippen LogP contribution in [0.15, 0.2) is 24.3 Å². The molecule has 8 atom stereocenters. The van der Waals surface area contributed by atoms with Crippen LogP contribution in [0.2, 0.25) is 0 Å². The van der Waals surface area contributed by atoms with Crippen molar-refractivity contribution in [3.05, 3.63) is 24.3 Å². The monoisotopic (exact) mass is 723 g/mol. The number of hydrogen-bond donors (Lipinski definition) is 9. The zero-order chi connectivity index (χ0) is 36.7. The number of carbonyl (C=O) groups excluding carboxylic acids is 1. The lowest BCUT2D eigenvalue weighted by molar-refractivity contribution is -0.220. The maximum Gasteiger partial charge on any atom is 0.472 e. The summed E-state index contributed by atoms with van der Waals surface area (Å²) in [5, 5.41) is 73.7. The van der Waals surface area contributed by atoms with Gasteiger partial charge in [0.25, 0.3) is 0 Å². The van der Waals surface area contributed by atoms with Gasteiger partial charge in [-0.2, -0.15) is 0 Å². The molecule has 1 saturated carbocycles. The SMILES string of the molecule is CCCCC/C=C\CCCCCC(O)CC(=O)NC(COP(=O)(O)OC1C(O)C(O)C(O)C(O)C1O)C(O)/C=C/CCCCCCCCC. The van der Waals surface area contributed by atoms with Gasteiger partial charge in [-0.3, -0.25) is 13.8 Å². The van der Waals surface area contributed by atoms with Gasteiger partial charge in [0, 0.05) is 0 Å². The molecule has 1 aliphatic rings. The quantitative estimate of drug-likeness (QED) is 0.0320. The average Bonchev–Trinajstić information content (AvgIpc) is 3.06. The van der Waals surface area contributed by atoms with Crippen LogP contribution in [-0.4, -0.2) is 108 Å². The molecule has 0 saturated heterocycles. The van der Waals surface area contributed by atoms with E-state index in [1.54, 1.807) is 6.08 Å². The number of aliphatic hydroxyl groups is 7. The lowest BCUT2D eigenvalue weighted by Crippen LogP contribution is -2.64. The summed E-state index contributed by atoms with van der Waals surface area (Å²) in [4.78, 5) is 23.2. The fourth-order valence-electron chi connectivity index (χ4n) is 5.64. The molecule has 0 aliphatic heterocycles. The second-order valence-corrected chi connectivity index (χ2v) is 14.7. The van der Waals surface area contributed by atoms with Crippen LogP contribution >= 0.6 is 7.82 Å². The van der Waals surface area contributed by atoms with Gasteiger partial charge >= 0.3 is 7.82 Å². The molecule has 0 radical (unpaired) electrons. The lowest BCUT2D eigenvalue weighted by atomic mass is 9.85. The largest absolute Gasteiger partial charge is 0.472 e. The lowest BCUT2D eigenvalue weighted by Gasteiger charge is -2.41. The second-order valence-electron chi connectivity index (χ2n) is 13.3. The summed E-state index contributed by atoms with van der Waals surface area (Å²) in [5.41, 5.74) is 0. The van der Waals surface area contributed by atoms with Crippen molar-refractivity contribution in [3.8, 4) is 0 Å². The van der Waals surface area contributed by atoms with Crippen molar-refractivity contribution in [2.45, 2.75) is 184 Å². The molecule has 1 amide bonds. The van der Waals surface area contributed by atoms with Crippen LogP contribution in [0.25, 0.3) is 0 Å². The highest BCUT2D eigenvalue weighted by atomic mass is 31.2. The van der Waals surface area contributed by atoms with Crippen molar-refractivity contribution >= 4 is 13.7 Å². The molecule has 1 rings (SSSR count). The van der Waals surface area contributed by atoms with Gasteiger partial charge in [0.2, 0.25) is 5.91 Å². The Morgan fingerprint density at radius 1 is 0.714 bits per heavy atom. The Balaban J connectivity index is 2.71. The Morgan fingerprint density at radius 2 is 1.18 bits per heavy atom. The van der Waals surface area contributed by atoms with Crippen LogP contribution < -0.4 is 5.32 Å². The topological polar surface area (TPSA) is 226 Å². The van der Waals surface area contributed by atoms with Crippen LogP contribution in [0.4, 0.5) is 0 Å². The predicted octanol–water partition coefficient (Wildman–Crippen LogP) is 3.69. The van der Waals surface area contributed by atoms with E-state index in [-0.39, 0.29) is 6.42 Å². The summed E-state index contributed by atoms with van der Waals surface area (Å²) < 4.78 is 22.6. The standard InChI is InChI=1S/C35H66NO12P/c1-3-5-7-9-11-13-15-16-18-20-22-26(37)24-29(39)36-27(28(38)23-21-19-17-14-12-10-8-6-4-2)25-47-49(45,46)48-35-33(43)31(41)30(40)32(42)34(35)44/h11,13,21,23,26-28,30-35,37-38,40-44H,3-10,12,14-20,22,24-25H2,1-2H3,(H,36,39)(H,45,46)/b13-11-,23-21+. The van der Waals surface area contributed by atoms with Gasteiger partial charge in [-0.25, -0.2) is 4.57 Å². The van der Waals surface area contributed by atoms with E-state index in [9.17, 15) is 50.0 Å². The normalized spacial score (nSPS) is 26.2. The minimum absolute atomic E-state index is 0.256. The number of phosphoric acid groups is 1. The first-order valence-electron chi connectivity index (χ1n) is 18.4. The Kier molecular flexibility index (Phi) is 24.8. The third kappa shape index (κ3) is 19.8. The Labute approximate surface area is 293 Å². The minimum atomic E-state index is -5.12. The Morgan fingerprint density at radius 3 is 1.78 bits per heavy atom. The molecule has 0 aromatic heterocycles. The number of aliphatic hydroxyl groups excluding tert-OH is 7. The van der Waals surface area contributed by atoms with Gasteiger partial charge in [0.15, 0.2) is 0 Å². The van der Waals surface area contributed by atoms with Crippen LogP contribution in [-0.2, 0) is 18.4 Å². The van der Waals surface area contributed by atoms with Gasteiger partial charge in [-0.15, -0.1) is 0 Å². The molecule has 8 unspecified atom stereocenters. The van der Waals surface area contributed by atoms with E-state index in [4.69, 9.17) is 9.05 Å². The first-order valence-corrected chi connectivity index (χ1v) is 19.9. The van der Waals surface area contributed by atoms with Gasteiger partial charge in [0.1, 0.15) is 36.6 Å². The van der Waals surface area contributed by atoms with Crippen molar-refractivity contribution < 1.29 is 59.0 Å². The zero-order valence-corrected chi connectivity index (χ0v) is 30.5. The summed E-state index contributed by atoms with van der Waals surface area (Å²) in [5.74, 6) is -0.609. The van der Waals surface area contributed by atoms with E-state index < -0.39 is 75.2 Å². The molecular formula is C35H66NO12P. The van der Waals surface area contributed by atoms with Crippen molar-refractivity contribution in [3.63, 3.8) is 0 Å². The molecule has 13 nitrogen and oxygen atoms in total. The van der Waals surface area contributed by atoms with Crippen LogP contribution in [0, 0.1) is 0 Å². The molecule has 1 fully saturated rings. The number of carbonyl (C=O) groups is 1. The smallest absolute Gasteiger partial charge is 0.393 e. The van der Waals surface area contributed by atoms with Gasteiger partial charge in [0.05, 0.1) is 31.3 Å². The van der Waals surface area contributed by atoms with E-state index in [1.807, 2.05) is 0 Å². The number of phosphoric ester groups is 1. The molecule has 288 valence electrons. The average molecular weight is 724 g/mol. The highest BCUT2D eigenvalue weighted by Gasteiger charge is 2.51. The van der Waals surface area contributed by atoms with Crippen LogP contribution in [0.1, 0.15) is 129 Å². The van der Waals surface area contributed by atoms with E-state index in [0.717, 1.165) is 51.4 Å². The molecular weight excluding hydrogens is 657 g/mol. The molecule has 49 heavy (non-hydrogen) atoms. The first-order chi connectivity index (χ1) is 23.3. The van der Waals surface area contributed by atoms with Gasteiger partial charge < -0.3 is 46.0 Å². The summed E-state index contributed by atoms with van der Waals surface area (Å²) in [6.07, 6.45) is 10.3. The van der Waals surface area contributed by atoms with Crippen molar-refractivity contribution in [1.29, 1.82) is 0 Å². The van der Waals surface area contributed by atoms with Crippen molar-refractivity contribution in [1.82, 2.24) is 5.32 Å². The van der Waals surface area contributed by atoms with Crippen molar-refractivity contribution in [2.75, 3.05) is 6.61 Å². The molecule has 0 heterocycles. The molecule has 9 N–H and O–H groups in total. The maximum atomic E-state index is 12.8. The summed E-state index contributed by atoms with van der Waals surface area (Å²) in [7, 11) is -5.12. The minimum Gasteiger partial charge on any atom is -0.393 e. The molecule has 0 bridgehead atoms. The maximum absolute atomic E-state index is 12.8. The van der Waals surface area contributed by atoms with E-state index in [0.29, 0.717) is 12.8 Å². The summed E-state index contributed by atoms with van der Waals surface area (Å²) in [6, 6.07) is -1.24. The van der Waals surface area contributed by atoms with Gasteiger partial charge in [-0.05, 0) is 44.9 Å². The summed E-state index contributed by atoms with van der Waals surface area (Å²) in [6.45, 7) is 3.60. The van der Waals surface area contributed by atoms with Gasteiger partial charge in [-0.1, -0.05) is 102 Å². The Bertz CT molecular complexity index is 953. The molecule has 1 aliphatic carbocycles. The molecule has 14 heteroatoms. The van der Waals surface area contributed by atoms with Crippen LogP contribution in [0.3, 0.4) is 0 Å².